The highest BCUT2D eigenvalue weighted by molar-refractivity contribution is 5.69. The molecule has 0 amide bonds. The van der Waals surface area contributed by atoms with Crippen molar-refractivity contribution in [1.82, 2.24) is 0 Å². The van der Waals surface area contributed by atoms with Crippen molar-refractivity contribution in [3.8, 4) is 0 Å². The van der Waals surface area contributed by atoms with Gasteiger partial charge in [-0.1, -0.05) is 153 Å². The zero-order valence-electron chi connectivity index (χ0n) is 27.5. The van der Waals surface area contributed by atoms with Crippen LogP contribution in [0.2, 0.25) is 0 Å². The zero-order chi connectivity index (χ0) is 30.8. The molecule has 0 aliphatic rings. The largest absolute Gasteiger partial charge is 0.481 e. The van der Waals surface area contributed by atoms with Crippen LogP contribution in [0.15, 0.2) is 48.6 Å². The minimum absolute atomic E-state index is 0.109. The van der Waals surface area contributed by atoms with Crippen LogP contribution < -0.4 is 0 Å². The number of hydrogen-bond donors (Lipinski definition) is 1. The molecule has 0 radical (unpaired) electrons. The number of allylic oxidation sites excluding steroid dienone is 7. The summed E-state index contributed by atoms with van der Waals surface area (Å²) >= 11 is 0. The average Bonchev–Trinajstić information content (AvgIpc) is 2.97. The molecule has 42 heavy (non-hydrogen) atoms. The standard InChI is InChI=1S/C38H66O4/c1-3-5-7-9-11-13-15-16-17-18-20-22-24-26-31-35-38(41)42-36(33-29-27-30-34-37(39)40)32-28-25-23-21-19-14-12-10-8-6-4-2/h6,8,12,14,21,23,28,32,36H,3-5,7,9-11,13,15-20,22,24-27,29-31,33-35H2,1-2H3,(H,39,40)/b8-6-,14-12-,23-21-,32-28-. The van der Waals surface area contributed by atoms with E-state index in [2.05, 4.69) is 56.4 Å². The van der Waals surface area contributed by atoms with Gasteiger partial charge in [0, 0.05) is 12.8 Å². The number of carboxylic acid groups (broad SMARTS) is 1. The number of hydrogen-bond acceptors (Lipinski definition) is 3. The summed E-state index contributed by atoms with van der Waals surface area (Å²) in [4.78, 5) is 23.3. The Morgan fingerprint density at radius 3 is 1.48 bits per heavy atom. The summed E-state index contributed by atoms with van der Waals surface area (Å²) in [6.45, 7) is 4.42. The van der Waals surface area contributed by atoms with Gasteiger partial charge in [0.25, 0.3) is 0 Å². The lowest BCUT2D eigenvalue weighted by atomic mass is 10.0. The Morgan fingerprint density at radius 2 is 0.976 bits per heavy atom. The Hall–Kier alpha value is -2.10. The predicted molar refractivity (Wildman–Crippen MR) is 181 cm³/mol. The number of carbonyl (C=O) groups is 2. The lowest BCUT2D eigenvalue weighted by Crippen LogP contribution is -2.16. The molecule has 1 N–H and O–H groups in total. The highest BCUT2D eigenvalue weighted by atomic mass is 16.5. The Labute approximate surface area is 260 Å². The highest BCUT2D eigenvalue weighted by Gasteiger charge is 2.11. The maximum Gasteiger partial charge on any atom is 0.306 e. The molecule has 0 bridgehead atoms. The second-order valence-electron chi connectivity index (χ2n) is 11.7. The fourth-order valence-electron chi connectivity index (χ4n) is 4.98. The second kappa shape index (κ2) is 33.4. The van der Waals surface area contributed by atoms with E-state index in [0.717, 1.165) is 57.8 Å². The molecule has 0 saturated carbocycles. The van der Waals surface area contributed by atoms with Crippen molar-refractivity contribution in [3.05, 3.63) is 48.6 Å². The molecule has 4 heteroatoms. The fraction of sp³-hybridized carbons (Fsp3) is 0.737. The number of carboxylic acids is 1. The van der Waals surface area contributed by atoms with Crippen molar-refractivity contribution in [3.63, 3.8) is 0 Å². The molecule has 0 aromatic rings. The van der Waals surface area contributed by atoms with Gasteiger partial charge in [0.05, 0.1) is 0 Å². The molecule has 1 unspecified atom stereocenters. The minimum atomic E-state index is -0.750. The van der Waals surface area contributed by atoms with Gasteiger partial charge >= 0.3 is 11.9 Å². The summed E-state index contributed by atoms with van der Waals surface area (Å²) in [5.41, 5.74) is 0. The lowest BCUT2D eigenvalue weighted by molar-refractivity contribution is -0.147. The molecule has 0 aliphatic heterocycles. The summed E-state index contributed by atoms with van der Waals surface area (Å²) in [5.74, 6) is -0.858. The summed E-state index contributed by atoms with van der Waals surface area (Å²) in [6.07, 6.45) is 44.2. The first-order valence-electron chi connectivity index (χ1n) is 17.6. The third-order valence-corrected chi connectivity index (χ3v) is 7.55. The third-order valence-electron chi connectivity index (χ3n) is 7.55. The van der Waals surface area contributed by atoms with Crippen LogP contribution in [-0.4, -0.2) is 23.1 Å². The number of rotatable bonds is 31. The number of esters is 1. The fourth-order valence-corrected chi connectivity index (χ4v) is 4.98. The van der Waals surface area contributed by atoms with Crippen LogP contribution in [0.1, 0.15) is 174 Å². The molecule has 0 aromatic heterocycles. The van der Waals surface area contributed by atoms with Gasteiger partial charge in [0.15, 0.2) is 0 Å². The summed E-state index contributed by atoms with van der Waals surface area (Å²) < 4.78 is 5.81. The Morgan fingerprint density at radius 1 is 0.548 bits per heavy atom. The lowest BCUT2D eigenvalue weighted by Gasteiger charge is -2.14. The number of aliphatic carboxylic acids is 1. The van der Waals surface area contributed by atoms with Crippen molar-refractivity contribution < 1.29 is 19.4 Å². The highest BCUT2D eigenvalue weighted by Crippen LogP contribution is 2.15. The molecule has 0 rings (SSSR count). The SMILES string of the molecule is CC/C=C\C/C=C\C/C=C\C/C=C\C(CCCCCC(=O)O)OC(=O)CCCCCCCCCCCCCCCCC. The van der Waals surface area contributed by atoms with Crippen molar-refractivity contribution in [2.75, 3.05) is 0 Å². The Balaban J connectivity index is 4.09. The van der Waals surface area contributed by atoms with Gasteiger partial charge in [-0.2, -0.15) is 0 Å². The molecule has 0 fully saturated rings. The number of unbranched alkanes of at least 4 members (excludes halogenated alkanes) is 16. The van der Waals surface area contributed by atoms with E-state index in [1.807, 2.05) is 6.08 Å². The van der Waals surface area contributed by atoms with E-state index in [1.54, 1.807) is 0 Å². The first-order chi connectivity index (χ1) is 20.6. The molecule has 242 valence electrons. The first-order valence-corrected chi connectivity index (χ1v) is 17.6. The van der Waals surface area contributed by atoms with Crippen LogP contribution in [0.4, 0.5) is 0 Å². The van der Waals surface area contributed by atoms with E-state index >= 15 is 0 Å². The van der Waals surface area contributed by atoms with Crippen LogP contribution in [-0.2, 0) is 14.3 Å². The van der Waals surface area contributed by atoms with Crippen LogP contribution in [0.5, 0.6) is 0 Å². The molecule has 0 aliphatic carbocycles. The summed E-state index contributed by atoms with van der Waals surface area (Å²) in [5, 5.41) is 8.85. The second-order valence-corrected chi connectivity index (χ2v) is 11.7. The van der Waals surface area contributed by atoms with Crippen LogP contribution in [0.3, 0.4) is 0 Å². The maximum atomic E-state index is 12.5. The summed E-state index contributed by atoms with van der Waals surface area (Å²) in [7, 11) is 0. The molecule has 0 saturated heterocycles. The Kier molecular flexibility index (Phi) is 31.7. The van der Waals surface area contributed by atoms with Crippen molar-refractivity contribution in [1.29, 1.82) is 0 Å². The van der Waals surface area contributed by atoms with Gasteiger partial charge < -0.3 is 9.84 Å². The number of carbonyl (C=O) groups excluding carboxylic acids is 1. The molecular weight excluding hydrogens is 520 g/mol. The maximum absolute atomic E-state index is 12.5. The van der Waals surface area contributed by atoms with Gasteiger partial charge in [0.1, 0.15) is 6.10 Å². The van der Waals surface area contributed by atoms with Gasteiger partial charge in [-0.05, 0) is 57.4 Å². The van der Waals surface area contributed by atoms with Crippen molar-refractivity contribution in [2.24, 2.45) is 0 Å². The van der Waals surface area contributed by atoms with E-state index in [4.69, 9.17) is 9.84 Å². The monoisotopic (exact) mass is 586 g/mol. The van der Waals surface area contributed by atoms with Crippen molar-refractivity contribution >= 4 is 11.9 Å². The molecule has 4 nitrogen and oxygen atoms in total. The summed E-state index contributed by atoms with van der Waals surface area (Å²) in [6, 6.07) is 0. The van der Waals surface area contributed by atoms with Gasteiger partial charge in [0.2, 0.25) is 0 Å². The molecule has 0 spiro atoms. The van der Waals surface area contributed by atoms with Crippen LogP contribution in [0, 0.1) is 0 Å². The van der Waals surface area contributed by atoms with E-state index in [0.29, 0.717) is 12.8 Å². The van der Waals surface area contributed by atoms with E-state index < -0.39 is 5.97 Å². The van der Waals surface area contributed by atoms with Crippen LogP contribution >= 0.6 is 0 Å². The van der Waals surface area contributed by atoms with Crippen LogP contribution in [0.25, 0.3) is 0 Å². The van der Waals surface area contributed by atoms with Gasteiger partial charge in [-0.3, -0.25) is 9.59 Å². The van der Waals surface area contributed by atoms with E-state index in [-0.39, 0.29) is 18.5 Å². The topological polar surface area (TPSA) is 63.6 Å². The Bertz CT molecular complexity index is 719. The van der Waals surface area contributed by atoms with Gasteiger partial charge in [-0.15, -0.1) is 0 Å². The third kappa shape index (κ3) is 32.4. The smallest absolute Gasteiger partial charge is 0.306 e. The normalized spacial score (nSPS) is 12.8. The van der Waals surface area contributed by atoms with Gasteiger partial charge in [-0.25, -0.2) is 0 Å². The molecule has 0 aromatic carbocycles. The quantitative estimate of drug-likeness (QED) is 0.0498. The molecule has 0 heterocycles. The predicted octanol–water partition coefficient (Wildman–Crippen LogP) is 12.0. The number of ether oxygens (including phenoxy) is 1. The van der Waals surface area contributed by atoms with E-state index in [1.165, 1.54) is 83.5 Å². The molecular formula is C38H66O4. The first kappa shape index (κ1) is 39.9. The van der Waals surface area contributed by atoms with Crippen molar-refractivity contribution in [2.45, 2.75) is 180 Å². The minimum Gasteiger partial charge on any atom is -0.481 e. The zero-order valence-corrected chi connectivity index (χ0v) is 27.5. The molecule has 1 atom stereocenters. The van der Waals surface area contributed by atoms with E-state index in [9.17, 15) is 9.59 Å². The average molecular weight is 587 g/mol.